The first-order valence-electron chi connectivity index (χ1n) is 8.83. The lowest BCUT2D eigenvalue weighted by Crippen LogP contribution is -3.09. The Hall–Kier alpha value is -1.95. The molecular weight excluding hydrogens is 328 g/mol. The number of thiophene rings is 1. The third kappa shape index (κ3) is 4.00. The van der Waals surface area contributed by atoms with Gasteiger partial charge in [-0.15, -0.1) is 11.3 Å². The fraction of sp³-hybridized carbons (Fsp3) is 0.350. The van der Waals surface area contributed by atoms with Crippen molar-refractivity contribution in [3.8, 4) is 5.69 Å². The second kappa shape index (κ2) is 7.95. The lowest BCUT2D eigenvalue weighted by molar-refractivity contribution is -0.910. The Kier molecular flexibility index (Phi) is 5.68. The minimum atomic E-state index is 0.532. The number of rotatable bonds is 7. The number of quaternary nitrogens is 2. The Bertz CT molecular complexity index is 791. The van der Waals surface area contributed by atoms with Crippen LogP contribution in [0.3, 0.4) is 0 Å². The van der Waals surface area contributed by atoms with Crippen LogP contribution in [-0.2, 0) is 6.54 Å². The highest BCUT2D eigenvalue weighted by Gasteiger charge is 2.21. The van der Waals surface area contributed by atoms with Gasteiger partial charge in [0.2, 0.25) is 0 Å². The average molecular weight is 357 g/mol. The van der Waals surface area contributed by atoms with E-state index in [0.29, 0.717) is 6.04 Å². The van der Waals surface area contributed by atoms with Crippen molar-refractivity contribution < 1.29 is 10.2 Å². The van der Waals surface area contributed by atoms with Gasteiger partial charge in [-0.2, -0.15) is 5.10 Å². The molecule has 0 fully saturated rings. The molecule has 0 aliphatic heterocycles. The van der Waals surface area contributed by atoms with Crippen LogP contribution in [-0.4, -0.2) is 30.4 Å². The van der Waals surface area contributed by atoms with Crippen molar-refractivity contribution in [1.82, 2.24) is 9.78 Å². The Balaban J connectivity index is 1.70. The molecule has 0 unspecified atom stereocenters. The lowest BCUT2D eigenvalue weighted by atomic mass is 10.1. The number of nitrogens with one attached hydrogen (secondary N) is 1. The highest BCUT2D eigenvalue weighted by molar-refractivity contribution is 7.10. The maximum atomic E-state index is 4.76. The van der Waals surface area contributed by atoms with Gasteiger partial charge in [-0.05, 0) is 37.4 Å². The van der Waals surface area contributed by atoms with E-state index in [1.165, 1.54) is 21.0 Å². The number of hydrogen-bond acceptors (Lipinski definition) is 2. The molecule has 0 saturated carbocycles. The summed E-state index contributed by atoms with van der Waals surface area (Å²) >= 11 is 1.86. The predicted molar refractivity (Wildman–Crippen MR) is 103 cm³/mol. The van der Waals surface area contributed by atoms with Crippen molar-refractivity contribution in [2.24, 2.45) is 0 Å². The summed E-state index contributed by atoms with van der Waals surface area (Å²) in [6, 6.07) is 15.3. The molecule has 0 bridgehead atoms. The number of para-hydroxylation sites is 1. The van der Waals surface area contributed by atoms with E-state index >= 15 is 0 Å². The smallest absolute Gasteiger partial charge is 0.171 e. The summed E-state index contributed by atoms with van der Waals surface area (Å²) in [4.78, 5) is 2.94. The van der Waals surface area contributed by atoms with E-state index in [2.05, 4.69) is 79.7 Å². The van der Waals surface area contributed by atoms with Crippen molar-refractivity contribution in [2.75, 3.05) is 20.6 Å². The molecule has 3 N–H and O–H groups in total. The molecule has 5 heteroatoms. The molecule has 132 valence electrons. The van der Waals surface area contributed by atoms with Gasteiger partial charge in [0, 0.05) is 0 Å². The summed E-state index contributed by atoms with van der Waals surface area (Å²) in [5.74, 6) is 0. The van der Waals surface area contributed by atoms with Crippen LogP contribution in [0.4, 0.5) is 0 Å². The lowest BCUT2D eigenvalue weighted by Gasteiger charge is -2.18. The number of likely N-dealkylation sites (N-methyl/N-ethyl adjacent to an activating group) is 1. The van der Waals surface area contributed by atoms with Gasteiger partial charge in [0.05, 0.1) is 41.6 Å². The standard InChI is InChI=1S/C20H26N4S/c1-15-18(16(2)24(22-15)17-9-6-5-7-10-17)13-21-14-19(23(3)4)20-11-8-12-25-20/h5-12,19,21H,13-14H2,1-4H3/p+2/t19-/m1/s1. The van der Waals surface area contributed by atoms with Gasteiger partial charge < -0.3 is 10.2 Å². The normalized spacial score (nSPS) is 12.7. The van der Waals surface area contributed by atoms with E-state index in [1.807, 2.05) is 17.4 Å². The van der Waals surface area contributed by atoms with E-state index in [-0.39, 0.29) is 0 Å². The average Bonchev–Trinajstić information content (AvgIpc) is 3.22. The van der Waals surface area contributed by atoms with Crippen molar-refractivity contribution in [3.63, 3.8) is 0 Å². The first-order chi connectivity index (χ1) is 12.1. The number of aromatic nitrogens is 2. The van der Waals surface area contributed by atoms with Crippen LogP contribution >= 0.6 is 11.3 Å². The third-order valence-corrected chi connectivity index (χ3v) is 5.76. The van der Waals surface area contributed by atoms with Crippen LogP contribution in [0, 0.1) is 13.8 Å². The fourth-order valence-corrected chi connectivity index (χ4v) is 4.28. The van der Waals surface area contributed by atoms with Gasteiger partial charge in [0.25, 0.3) is 0 Å². The van der Waals surface area contributed by atoms with E-state index in [1.54, 1.807) is 0 Å². The summed E-state index contributed by atoms with van der Waals surface area (Å²) in [5, 5.41) is 9.35. The van der Waals surface area contributed by atoms with E-state index < -0.39 is 0 Å². The highest BCUT2D eigenvalue weighted by Crippen LogP contribution is 2.17. The number of nitrogens with two attached hydrogens (primary N) is 1. The van der Waals surface area contributed by atoms with Gasteiger partial charge in [-0.25, -0.2) is 4.68 Å². The van der Waals surface area contributed by atoms with Crippen LogP contribution in [0.15, 0.2) is 47.8 Å². The molecule has 0 spiro atoms. The predicted octanol–water partition coefficient (Wildman–Crippen LogP) is 1.50. The number of aryl methyl sites for hydroxylation is 1. The van der Waals surface area contributed by atoms with Gasteiger partial charge in [-0.3, -0.25) is 0 Å². The monoisotopic (exact) mass is 356 g/mol. The van der Waals surface area contributed by atoms with Crippen molar-refractivity contribution in [1.29, 1.82) is 0 Å². The molecule has 25 heavy (non-hydrogen) atoms. The highest BCUT2D eigenvalue weighted by atomic mass is 32.1. The van der Waals surface area contributed by atoms with Crippen LogP contribution in [0.1, 0.15) is 27.9 Å². The van der Waals surface area contributed by atoms with Crippen LogP contribution in [0.25, 0.3) is 5.69 Å². The molecular formula is C20H28N4S+2. The van der Waals surface area contributed by atoms with Crippen molar-refractivity contribution >= 4 is 11.3 Å². The van der Waals surface area contributed by atoms with Crippen LogP contribution in [0.2, 0.25) is 0 Å². The zero-order valence-electron chi connectivity index (χ0n) is 15.5. The largest absolute Gasteiger partial charge is 0.337 e. The minimum Gasteiger partial charge on any atom is -0.337 e. The molecule has 0 aliphatic carbocycles. The topological polar surface area (TPSA) is 38.9 Å². The number of nitrogens with zero attached hydrogens (tertiary/aromatic N) is 2. The second-order valence-electron chi connectivity index (χ2n) is 6.77. The molecule has 2 heterocycles. The molecule has 1 aromatic carbocycles. The second-order valence-corrected chi connectivity index (χ2v) is 7.75. The fourth-order valence-electron chi connectivity index (χ4n) is 3.31. The molecule has 4 nitrogen and oxygen atoms in total. The number of hydrogen-bond donors (Lipinski definition) is 2. The van der Waals surface area contributed by atoms with Gasteiger partial charge in [0.1, 0.15) is 13.1 Å². The Morgan fingerprint density at radius 3 is 2.52 bits per heavy atom. The van der Waals surface area contributed by atoms with Gasteiger partial charge in [0.15, 0.2) is 6.04 Å². The summed E-state index contributed by atoms with van der Waals surface area (Å²) in [5.41, 5.74) is 4.85. The summed E-state index contributed by atoms with van der Waals surface area (Å²) < 4.78 is 2.06. The zero-order valence-corrected chi connectivity index (χ0v) is 16.3. The van der Waals surface area contributed by atoms with Crippen LogP contribution in [0.5, 0.6) is 0 Å². The van der Waals surface area contributed by atoms with Crippen molar-refractivity contribution in [3.05, 3.63) is 69.7 Å². The molecule has 0 saturated heterocycles. The maximum absolute atomic E-state index is 4.76. The summed E-state index contributed by atoms with van der Waals surface area (Å²) in [6.07, 6.45) is 0. The Morgan fingerprint density at radius 2 is 1.88 bits per heavy atom. The molecule has 3 rings (SSSR count). The third-order valence-electron chi connectivity index (χ3n) is 4.78. The molecule has 2 aromatic heterocycles. The van der Waals surface area contributed by atoms with Crippen molar-refractivity contribution in [2.45, 2.75) is 26.4 Å². The zero-order chi connectivity index (χ0) is 17.8. The molecule has 0 aliphatic rings. The molecule has 3 aromatic rings. The van der Waals surface area contributed by atoms with E-state index in [4.69, 9.17) is 5.10 Å². The quantitative estimate of drug-likeness (QED) is 0.662. The molecule has 0 amide bonds. The van der Waals surface area contributed by atoms with Gasteiger partial charge in [-0.1, -0.05) is 24.3 Å². The Morgan fingerprint density at radius 1 is 1.12 bits per heavy atom. The summed E-state index contributed by atoms with van der Waals surface area (Å²) in [7, 11) is 4.48. The van der Waals surface area contributed by atoms with Crippen LogP contribution < -0.4 is 10.2 Å². The minimum absolute atomic E-state index is 0.532. The Labute approximate surface area is 154 Å². The SMILES string of the molecule is Cc1nn(-c2ccccc2)c(C)c1C[NH2+]C[C@H](c1cccs1)[NH+](C)C. The first kappa shape index (κ1) is 17.9. The van der Waals surface area contributed by atoms with Gasteiger partial charge >= 0.3 is 0 Å². The van der Waals surface area contributed by atoms with E-state index in [0.717, 1.165) is 24.5 Å². The maximum Gasteiger partial charge on any atom is 0.171 e. The molecule has 0 radical (unpaired) electrons. The number of benzene rings is 1. The summed E-state index contributed by atoms with van der Waals surface area (Å²) in [6.45, 7) is 6.34. The molecule has 1 atom stereocenters. The first-order valence-corrected chi connectivity index (χ1v) is 9.71. The van der Waals surface area contributed by atoms with E-state index in [9.17, 15) is 0 Å².